The highest BCUT2D eigenvalue weighted by Crippen LogP contribution is 2.30. The predicted molar refractivity (Wildman–Crippen MR) is 62.1 cm³/mol. The van der Waals surface area contributed by atoms with E-state index in [0.717, 1.165) is 0 Å². The molecule has 1 aromatic rings. The third kappa shape index (κ3) is 2.56. The Labute approximate surface area is 108 Å². The number of hydrogen-bond acceptors (Lipinski definition) is 6. The van der Waals surface area contributed by atoms with E-state index in [-0.39, 0.29) is 19.0 Å². The molecule has 0 spiro atoms. The number of rotatable bonds is 5. The van der Waals surface area contributed by atoms with Crippen molar-refractivity contribution in [2.75, 3.05) is 6.54 Å². The molecule has 3 atom stereocenters. The van der Waals surface area contributed by atoms with Crippen LogP contribution in [0.2, 0.25) is 0 Å². The Balaban J connectivity index is 2.28. The minimum atomic E-state index is -1.07. The standard InChI is InChI=1S/C10H15N5O4/c11-2-5-3-13-14-15(5)7-4-12-9(10(18)19)6(7)1-8(16)17/h3,6-7,9,12H,1-2,4,11H2,(H,16,17)(H,18,19)/t6-,7-,9-/m0/s1. The Hall–Kier alpha value is -2.00. The van der Waals surface area contributed by atoms with Gasteiger partial charge in [-0.1, -0.05) is 5.21 Å². The molecular weight excluding hydrogens is 254 g/mol. The molecule has 0 radical (unpaired) electrons. The minimum Gasteiger partial charge on any atom is -0.481 e. The van der Waals surface area contributed by atoms with Gasteiger partial charge in [0.2, 0.25) is 0 Å². The second kappa shape index (κ2) is 5.33. The van der Waals surface area contributed by atoms with Crippen molar-refractivity contribution in [1.29, 1.82) is 0 Å². The van der Waals surface area contributed by atoms with Gasteiger partial charge in [0, 0.05) is 19.0 Å². The first-order valence-corrected chi connectivity index (χ1v) is 5.81. The first-order chi connectivity index (χ1) is 9.04. The van der Waals surface area contributed by atoms with E-state index < -0.39 is 23.9 Å². The van der Waals surface area contributed by atoms with Crippen molar-refractivity contribution >= 4 is 11.9 Å². The molecule has 1 saturated heterocycles. The first-order valence-electron chi connectivity index (χ1n) is 5.81. The normalized spacial score (nSPS) is 26.5. The topological polar surface area (TPSA) is 143 Å². The highest BCUT2D eigenvalue weighted by Gasteiger charge is 2.43. The van der Waals surface area contributed by atoms with E-state index in [0.29, 0.717) is 12.2 Å². The molecule has 0 unspecified atom stereocenters. The molecule has 1 aliphatic rings. The molecule has 1 fully saturated rings. The summed E-state index contributed by atoms with van der Waals surface area (Å²) in [6.45, 7) is 0.534. The Kier molecular flexibility index (Phi) is 3.76. The van der Waals surface area contributed by atoms with E-state index in [1.165, 1.54) is 10.9 Å². The maximum atomic E-state index is 11.1. The number of nitrogens with zero attached hydrogens (tertiary/aromatic N) is 3. The van der Waals surface area contributed by atoms with Crippen LogP contribution in [0.4, 0.5) is 0 Å². The SMILES string of the molecule is NCc1cnnn1[C@H]1CN[C@H](C(=O)O)[C@H]1CC(=O)O. The van der Waals surface area contributed by atoms with Gasteiger partial charge in [0.1, 0.15) is 6.04 Å². The molecule has 2 heterocycles. The van der Waals surface area contributed by atoms with E-state index in [1.54, 1.807) is 0 Å². The number of aliphatic carboxylic acids is 2. The van der Waals surface area contributed by atoms with Crippen LogP contribution < -0.4 is 11.1 Å². The lowest BCUT2D eigenvalue weighted by Crippen LogP contribution is -2.37. The lowest BCUT2D eigenvalue weighted by atomic mass is 9.93. The second-order valence-electron chi connectivity index (χ2n) is 4.43. The van der Waals surface area contributed by atoms with E-state index in [2.05, 4.69) is 15.6 Å². The zero-order valence-corrected chi connectivity index (χ0v) is 10.1. The van der Waals surface area contributed by atoms with Gasteiger partial charge in [-0.3, -0.25) is 9.59 Å². The third-order valence-corrected chi connectivity index (χ3v) is 3.32. The fourth-order valence-electron chi connectivity index (χ4n) is 2.46. The predicted octanol–water partition coefficient (Wildman–Crippen LogP) is -1.57. The van der Waals surface area contributed by atoms with Gasteiger partial charge in [-0.15, -0.1) is 5.10 Å². The average Bonchev–Trinajstić information content (AvgIpc) is 2.93. The maximum Gasteiger partial charge on any atom is 0.321 e. The lowest BCUT2D eigenvalue weighted by Gasteiger charge is -2.21. The van der Waals surface area contributed by atoms with Gasteiger partial charge < -0.3 is 21.3 Å². The number of hydrogen-bond donors (Lipinski definition) is 4. The molecule has 0 saturated carbocycles. The van der Waals surface area contributed by atoms with Crippen LogP contribution in [0.1, 0.15) is 18.2 Å². The Morgan fingerprint density at radius 3 is 2.84 bits per heavy atom. The summed E-state index contributed by atoms with van der Waals surface area (Å²) in [6, 6.07) is -1.28. The number of carboxylic acid groups (broad SMARTS) is 2. The number of nitrogens with one attached hydrogen (secondary N) is 1. The monoisotopic (exact) mass is 269 g/mol. The van der Waals surface area contributed by atoms with Gasteiger partial charge >= 0.3 is 11.9 Å². The van der Waals surface area contributed by atoms with Gasteiger partial charge in [-0.05, 0) is 0 Å². The van der Waals surface area contributed by atoms with Crippen molar-refractivity contribution in [3.63, 3.8) is 0 Å². The summed E-state index contributed by atoms with van der Waals surface area (Å²) >= 11 is 0. The number of carboxylic acids is 2. The summed E-state index contributed by atoms with van der Waals surface area (Å²) in [6.07, 6.45) is 1.24. The van der Waals surface area contributed by atoms with Crippen LogP contribution in [0, 0.1) is 5.92 Å². The molecule has 2 rings (SSSR count). The number of carbonyl (C=O) groups is 2. The fraction of sp³-hybridized carbons (Fsp3) is 0.600. The van der Waals surface area contributed by atoms with E-state index in [1.807, 2.05) is 0 Å². The van der Waals surface area contributed by atoms with Crippen molar-refractivity contribution in [3.05, 3.63) is 11.9 Å². The smallest absolute Gasteiger partial charge is 0.321 e. The zero-order valence-electron chi connectivity index (χ0n) is 10.1. The van der Waals surface area contributed by atoms with Crippen LogP contribution in [0.25, 0.3) is 0 Å². The molecule has 5 N–H and O–H groups in total. The zero-order chi connectivity index (χ0) is 14.0. The van der Waals surface area contributed by atoms with Gasteiger partial charge in [-0.2, -0.15) is 0 Å². The number of nitrogens with two attached hydrogens (primary N) is 1. The summed E-state index contributed by atoms with van der Waals surface area (Å²) in [4.78, 5) is 22.0. The fourth-order valence-corrected chi connectivity index (χ4v) is 2.46. The molecule has 1 aliphatic heterocycles. The third-order valence-electron chi connectivity index (χ3n) is 3.32. The molecule has 0 aromatic carbocycles. The largest absolute Gasteiger partial charge is 0.481 e. The Morgan fingerprint density at radius 1 is 1.53 bits per heavy atom. The van der Waals surface area contributed by atoms with Crippen LogP contribution in [0.15, 0.2) is 6.20 Å². The van der Waals surface area contributed by atoms with Gasteiger partial charge in [0.15, 0.2) is 0 Å². The van der Waals surface area contributed by atoms with Crippen LogP contribution in [0.3, 0.4) is 0 Å². The van der Waals surface area contributed by atoms with E-state index >= 15 is 0 Å². The van der Waals surface area contributed by atoms with Crippen molar-refractivity contribution in [1.82, 2.24) is 20.3 Å². The van der Waals surface area contributed by atoms with E-state index in [9.17, 15) is 9.59 Å². The summed E-state index contributed by atoms with van der Waals surface area (Å²) in [5.41, 5.74) is 6.20. The summed E-state index contributed by atoms with van der Waals surface area (Å²) in [7, 11) is 0. The Morgan fingerprint density at radius 2 is 2.26 bits per heavy atom. The molecule has 0 aliphatic carbocycles. The Bertz CT molecular complexity index is 488. The molecule has 1 aromatic heterocycles. The van der Waals surface area contributed by atoms with E-state index in [4.69, 9.17) is 15.9 Å². The quantitative estimate of drug-likeness (QED) is 0.501. The number of aromatic nitrogens is 3. The van der Waals surface area contributed by atoms with Gasteiger partial charge in [0.05, 0.1) is 24.4 Å². The average molecular weight is 269 g/mol. The molecule has 9 nitrogen and oxygen atoms in total. The molecular formula is C10H15N5O4. The van der Waals surface area contributed by atoms with Gasteiger partial charge in [-0.25, -0.2) is 4.68 Å². The summed E-state index contributed by atoms with van der Waals surface area (Å²) < 4.78 is 1.52. The van der Waals surface area contributed by atoms with Crippen molar-refractivity contribution < 1.29 is 19.8 Å². The van der Waals surface area contributed by atoms with Crippen LogP contribution in [0.5, 0.6) is 0 Å². The molecule has 9 heteroatoms. The van der Waals surface area contributed by atoms with Crippen molar-refractivity contribution in [3.8, 4) is 0 Å². The molecule has 0 bridgehead atoms. The highest BCUT2D eigenvalue weighted by atomic mass is 16.4. The van der Waals surface area contributed by atoms with Crippen LogP contribution >= 0.6 is 0 Å². The van der Waals surface area contributed by atoms with Gasteiger partial charge in [0.25, 0.3) is 0 Å². The van der Waals surface area contributed by atoms with Crippen LogP contribution in [-0.4, -0.2) is 49.7 Å². The van der Waals surface area contributed by atoms with Crippen molar-refractivity contribution in [2.45, 2.75) is 25.0 Å². The first kappa shape index (κ1) is 13.4. The second-order valence-corrected chi connectivity index (χ2v) is 4.43. The highest BCUT2D eigenvalue weighted by molar-refractivity contribution is 5.76. The lowest BCUT2D eigenvalue weighted by molar-refractivity contribution is -0.142. The van der Waals surface area contributed by atoms with Crippen molar-refractivity contribution in [2.24, 2.45) is 11.7 Å². The van der Waals surface area contributed by atoms with Crippen LogP contribution in [-0.2, 0) is 16.1 Å². The minimum absolute atomic E-state index is 0.209. The molecule has 104 valence electrons. The maximum absolute atomic E-state index is 11.1. The molecule has 0 amide bonds. The summed E-state index contributed by atoms with van der Waals surface area (Å²) in [5, 5.41) is 28.5. The molecule has 19 heavy (non-hydrogen) atoms. The summed E-state index contributed by atoms with van der Waals surface area (Å²) in [5.74, 6) is -2.70.